The number of benzene rings is 5. The lowest BCUT2D eigenvalue weighted by atomic mass is 9.34. The fraction of sp³-hybridized carbons (Fsp3) is 0.0556. The summed E-state index contributed by atoms with van der Waals surface area (Å²) in [4.78, 5) is 0. The van der Waals surface area contributed by atoms with Gasteiger partial charge in [-0.1, -0.05) is 78.9 Å². The van der Waals surface area contributed by atoms with Crippen LogP contribution in [0.25, 0.3) is 38.6 Å². The van der Waals surface area contributed by atoms with E-state index in [1.807, 2.05) is 6.07 Å². The van der Waals surface area contributed by atoms with Gasteiger partial charge >= 0.3 is 0 Å². The van der Waals surface area contributed by atoms with Crippen molar-refractivity contribution < 1.29 is 9.47 Å². The molecule has 0 bridgehead atoms. The average Bonchev–Trinajstić information content (AvgIpc) is 3.35. The second-order valence-corrected chi connectivity index (χ2v) is 10.8. The maximum atomic E-state index is 6.58. The number of fused-ring (bicyclic) bond motifs is 6. The molecule has 0 atom stereocenters. The molecule has 9 rings (SSSR count). The van der Waals surface area contributed by atoms with Gasteiger partial charge in [-0.25, -0.2) is 0 Å². The standard InChI is InChI=1S/C36H24BNO2/c1-5-13-30-26(9-1)27-10-2-6-14-31(27)38(30)25-19-17-23(18-20-25)24-21-34-36-35(22-24)40-33-16-8-4-12-29(33)37(36)28-11-3-7-15-32(28)39-34/h1-7,9-15,17-22H,8,16H2. The molecular formula is C36H24BNO2. The molecule has 0 fully saturated rings. The van der Waals surface area contributed by atoms with E-state index in [-0.39, 0.29) is 6.71 Å². The van der Waals surface area contributed by atoms with Crippen LogP contribution in [0.3, 0.4) is 0 Å². The maximum absolute atomic E-state index is 6.58. The van der Waals surface area contributed by atoms with Crippen LogP contribution in [0, 0.1) is 0 Å². The van der Waals surface area contributed by atoms with Gasteiger partial charge in [0.25, 0.3) is 6.71 Å². The quantitative estimate of drug-likeness (QED) is 0.222. The monoisotopic (exact) mass is 513 g/mol. The van der Waals surface area contributed by atoms with Gasteiger partial charge in [-0.3, -0.25) is 0 Å². The van der Waals surface area contributed by atoms with Crippen LogP contribution in [0.2, 0.25) is 0 Å². The molecule has 188 valence electrons. The van der Waals surface area contributed by atoms with Gasteiger partial charge in [0.05, 0.1) is 16.8 Å². The minimum absolute atomic E-state index is 0.141. The molecule has 3 aliphatic rings. The van der Waals surface area contributed by atoms with Gasteiger partial charge < -0.3 is 14.0 Å². The molecule has 5 aromatic carbocycles. The van der Waals surface area contributed by atoms with E-state index in [0.717, 1.165) is 58.1 Å². The topological polar surface area (TPSA) is 23.4 Å². The molecule has 0 radical (unpaired) electrons. The number of ether oxygens (including phenoxy) is 2. The van der Waals surface area contributed by atoms with Gasteiger partial charge in [0.2, 0.25) is 0 Å². The van der Waals surface area contributed by atoms with Crippen molar-refractivity contribution in [2.24, 2.45) is 0 Å². The molecule has 0 saturated carbocycles. The highest BCUT2D eigenvalue weighted by atomic mass is 16.5. The summed E-state index contributed by atoms with van der Waals surface area (Å²) in [6.07, 6.45) is 6.45. The minimum Gasteiger partial charge on any atom is -0.463 e. The number of para-hydroxylation sites is 3. The third kappa shape index (κ3) is 3.08. The normalized spacial score (nSPS) is 14.9. The number of hydrogen-bond donors (Lipinski definition) is 0. The van der Waals surface area contributed by atoms with Crippen molar-refractivity contribution in [3.05, 3.63) is 133 Å². The molecule has 0 saturated heterocycles. The molecule has 2 aliphatic heterocycles. The maximum Gasteiger partial charge on any atom is 0.260 e. The first kappa shape index (κ1) is 21.9. The Kier molecular flexibility index (Phi) is 4.53. The predicted octanol–water partition coefficient (Wildman–Crippen LogP) is 7.70. The summed E-state index contributed by atoms with van der Waals surface area (Å²) in [7, 11) is 0. The van der Waals surface area contributed by atoms with Crippen molar-refractivity contribution in [3.63, 3.8) is 0 Å². The van der Waals surface area contributed by atoms with Crippen LogP contribution in [0.5, 0.6) is 17.2 Å². The molecule has 0 spiro atoms. The van der Waals surface area contributed by atoms with E-state index in [1.165, 1.54) is 32.7 Å². The Balaban J connectivity index is 1.18. The zero-order chi connectivity index (χ0) is 26.2. The molecule has 1 aromatic heterocycles. The van der Waals surface area contributed by atoms with Gasteiger partial charge in [-0.15, -0.1) is 0 Å². The Labute approximate surface area is 232 Å². The van der Waals surface area contributed by atoms with Crippen LogP contribution >= 0.6 is 0 Å². The van der Waals surface area contributed by atoms with Gasteiger partial charge in [0.15, 0.2) is 0 Å². The molecule has 6 aromatic rings. The summed E-state index contributed by atoms with van der Waals surface area (Å²) >= 11 is 0. The summed E-state index contributed by atoms with van der Waals surface area (Å²) in [5, 5.41) is 2.54. The second-order valence-electron chi connectivity index (χ2n) is 10.8. The Bertz CT molecular complexity index is 2010. The van der Waals surface area contributed by atoms with Crippen LogP contribution in [0.4, 0.5) is 0 Å². The lowest BCUT2D eigenvalue weighted by molar-refractivity contribution is 0.396. The third-order valence-electron chi connectivity index (χ3n) is 8.58. The SMILES string of the molecule is C1=CC2=C(CC1)Oc1cc(-c3ccc(-n4c5ccccc5c5ccccc54)cc3)cc3c1B2c1ccccc1O3. The van der Waals surface area contributed by atoms with Crippen LogP contribution < -0.4 is 20.4 Å². The van der Waals surface area contributed by atoms with Crippen LogP contribution in [-0.4, -0.2) is 11.3 Å². The van der Waals surface area contributed by atoms with Gasteiger partial charge in [0.1, 0.15) is 17.2 Å². The first-order chi connectivity index (χ1) is 19.8. The Morgan fingerprint density at radius 3 is 2.08 bits per heavy atom. The van der Waals surface area contributed by atoms with Crippen LogP contribution in [0.15, 0.2) is 133 Å². The van der Waals surface area contributed by atoms with Crippen molar-refractivity contribution in [1.82, 2.24) is 4.57 Å². The molecule has 0 unspecified atom stereocenters. The molecule has 1 aliphatic carbocycles. The van der Waals surface area contributed by atoms with E-state index in [2.05, 4.69) is 120 Å². The Morgan fingerprint density at radius 1 is 0.625 bits per heavy atom. The van der Waals surface area contributed by atoms with Gasteiger partial charge in [-0.2, -0.15) is 0 Å². The van der Waals surface area contributed by atoms with E-state index in [9.17, 15) is 0 Å². The molecular weight excluding hydrogens is 489 g/mol. The summed E-state index contributed by atoms with van der Waals surface area (Å²) in [5.74, 6) is 3.81. The van der Waals surface area contributed by atoms with Crippen molar-refractivity contribution in [1.29, 1.82) is 0 Å². The number of nitrogens with zero attached hydrogens (tertiary/aromatic N) is 1. The second kappa shape index (κ2) is 8.27. The fourth-order valence-electron chi connectivity index (χ4n) is 6.80. The zero-order valence-corrected chi connectivity index (χ0v) is 21.8. The highest BCUT2D eigenvalue weighted by molar-refractivity contribution is 6.93. The van der Waals surface area contributed by atoms with Crippen molar-refractivity contribution >= 4 is 39.4 Å². The van der Waals surface area contributed by atoms with Crippen molar-refractivity contribution in [3.8, 4) is 34.1 Å². The number of hydrogen-bond acceptors (Lipinski definition) is 2. The minimum atomic E-state index is 0.141. The third-order valence-corrected chi connectivity index (χ3v) is 8.58. The molecule has 3 nitrogen and oxygen atoms in total. The van der Waals surface area contributed by atoms with Gasteiger partial charge in [0, 0.05) is 28.3 Å². The molecule has 4 heteroatoms. The van der Waals surface area contributed by atoms with Crippen molar-refractivity contribution in [2.45, 2.75) is 12.8 Å². The Morgan fingerprint density at radius 2 is 1.30 bits per heavy atom. The van der Waals surface area contributed by atoms with E-state index in [0.29, 0.717) is 0 Å². The van der Waals surface area contributed by atoms with E-state index < -0.39 is 0 Å². The number of allylic oxidation sites excluding steroid dienone is 4. The zero-order valence-electron chi connectivity index (χ0n) is 21.8. The van der Waals surface area contributed by atoms with Crippen LogP contribution in [0.1, 0.15) is 12.8 Å². The Hall–Kier alpha value is -4.96. The summed E-state index contributed by atoms with van der Waals surface area (Å²) < 4.78 is 15.4. The fourth-order valence-corrected chi connectivity index (χ4v) is 6.80. The average molecular weight is 513 g/mol. The lowest BCUT2D eigenvalue weighted by Crippen LogP contribution is -2.51. The summed E-state index contributed by atoms with van der Waals surface area (Å²) in [6, 6.07) is 38.9. The largest absolute Gasteiger partial charge is 0.463 e. The number of rotatable bonds is 2. The van der Waals surface area contributed by atoms with E-state index in [4.69, 9.17) is 9.47 Å². The predicted molar refractivity (Wildman–Crippen MR) is 164 cm³/mol. The summed E-state index contributed by atoms with van der Waals surface area (Å²) in [5.41, 5.74) is 9.41. The molecule has 3 heterocycles. The highest BCUT2D eigenvalue weighted by Gasteiger charge is 2.41. The first-order valence-electron chi connectivity index (χ1n) is 13.9. The van der Waals surface area contributed by atoms with Crippen molar-refractivity contribution in [2.75, 3.05) is 0 Å². The van der Waals surface area contributed by atoms with Crippen LogP contribution in [-0.2, 0) is 0 Å². The first-order valence-corrected chi connectivity index (χ1v) is 13.9. The summed E-state index contributed by atoms with van der Waals surface area (Å²) in [6.45, 7) is 0.141. The molecule has 40 heavy (non-hydrogen) atoms. The smallest absolute Gasteiger partial charge is 0.260 e. The highest BCUT2D eigenvalue weighted by Crippen LogP contribution is 2.41. The van der Waals surface area contributed by atoms with Gasteiger partial charge in [-0.05, 0) is 70.9 Å². The lowest BCUT2D eigenvalue weighted by Gasteiger charge is -2.35. The molecule has 0 amide bonds. The number of aromatic nitrogens is 1. The van der Waals surface area contributed by atoms with E-state index >= 15 is 0 Å². The molecule has 0 N–H and O–H groups in total. The van der Waals surface area contributed by atoms with E-state index in [1.54, 1.807) is 0 Å².